The van der Waals surface area contributed by atoms with E-state index in [9.17, 15) is 0 Å². The van der Waals surface area contributed by atoms with Gasteiger partial charge in [0.05, 0.1) is 19.8 Å². The van der Waals surface area contributed by atoms with Crippen molar-refractivity contribution >= 4 is 0 Å². The normalized spacial score (nSPS) is 14.1. The Morgan fingerprint density at radius 2 is 1.47 bits per heavy atom. The van der Waals surface area contributed by atoms with Gasteiger partial charge in [0, 0.05) is 13.2 Å². The van der Waals surface area contributed by atoms with E-state index < -0.39 is 0 Å². The van der Waals surface area contributed by atoms with Crippen molar-refractivity contribution in [1.29, 1.82) is 0 Å². The molecule has 1 N–H and O–H groups in total. The molecule has 0 aliphatic rings. The van der Waals surface area contributed by atoms with Gasteiger partial charge in [-0.25, -0.2) is 0 Å². The highest BCUT2D eigenvalue weighted by Crippen LogP contribution is 2.17. The summed E-state index contributed by atoms with van der Waals surface area (Å²) in [5.74, 6) is 1.46. The van der Waals surface area contributed by atoms with Crippen LogP contribution in [0.4, 0.5) is 0 Å². The van der Waals surface area contributed by atoms with Gasteiger partial charge in [-0.3, -0.25) is 0 Å². The van der Waals surface area contributed by atoms with Crippen LogP contribution in [0.15, 0.2) is 0 Å². The Bertz CT molecular complexity index is 199. The Hall–Kier alpha value is -0.120. The molecule has 19 heavy (non-hydrogen) atoms. The number of ether oxygens (including phenoxy) is 2. The first kappa shape index (κ1) is 18.9. The molecule has 0 aromatic rings. The van der Waals surface area contributed by atoms with E-state index in [0.717, 1.165) is 44.6 Å². The van der Waals surface area contributed by atoms with Gasteiger partial charge in [-0.1, -0.05) is 41.5 Å². The fourth-order valence-corrected chi connectivity index (χ4v) is 1.41. The van der Waals surface area contributed by atoms with E-state index in [1.54, 1.807) is 0 Å². The minimum atomic E-state index is 0.359. The molecule has 0 rings (SSSR count). The fourth-order valence-electron chi connectivity index (χ4n) is 1.41. The summed E-state index contributed by atoms with van der Waals surface area (Å²) in [6.07, 6.45) is 1.10. The molecule has 0 aromatic carbocycles. The molecular weight excluding hydrogens is 238 g/mol. The molecule has 3 nitrogen and oxygen atoms in total. The monoisotopic (exact) mass is 273 g/mol. The van der Waals surface area contributed by atoms with Crippen molar-refractivity contribution in [2.75, 3.05) is 39.5 Å². The van der Waals surface area contributed by atoms with Crippen molar-refractivity contribution in [3.8, 4) is 0 Å². The van der Waals surface area contributed by atoms with Crippen molar-refractivity contribution < 1.29 is 9.47 Å². The number of nitrogens with one attached hydrogen (secondary N) is 1. The average molecular weight is 273 g/mol. The van der Waals surface area contributed by atoms with Crippen molar-refractivity contribution in [3.63, 3.8) is 0 Å². The summed E-state index contributed by atoms with van der Waals surface area (Å²) in [5.41, 5.74) is 0.359. The van der Waals surface area contributed by atoms with Crippen LogP contribution in [0, 0.1) is 17.3 Å². The minimum Gasteiger partial charge on any atom is -0.379 e. The van der Waals surface area contributed by atoms with Crippen LogP contribution in [-0.4, -0.2) is 39.5 Å². The molecule has 0 saturated carbocycles. The summed E-state index contributed by atoms with van der Waals surface area (Å²) >= 11 is 0. The Balaban J connectivity index is 3.15. The van der Waals surface area contributed by atoms with Gasteiger partial charge in [0.15, 0.2) is 0 Å². The smallest absolute Gasteiger partial charge is 0.0701 e. The second kappa shape index (κ2) is 10.6. The van der Waals surface area contributed by atoms with E-state index in [1.165, 1.54) is 0 Å². The van der Waals surface area contributed by atoms with Crippen molar-refractivity contribution in [3.05, 3.63) is 0 Å². The van der Waals surface area contributed by atoms with Crippen LogP contribution in [-0.2, 0) is 9.47 Å². The molecule has 0 spiro atoms. The second-order valence-corrected chi connectivity index (χ2v) is 6.96. The van der Waals surface area contributed by atoms with Gasteiger partial charge in [-0.05, 0) is 30.2 Å². The van der Waals surface area contributed by atoms with Gasteiger partial charge in [0.25, 0.3) is 0 Å². The molecule has 3 heteroatoms. The first-order chi connectivity index (χ1) is 8.83. The molecule has 0 bridgehead atoms. The maximum atomic E-state index is 5.54. The predicted octanol–water partition coefficient (Wildman–Crippen LogP) is 3.34. The highest BCUT2D eigenvalue weighted by atomic mass is 16.5. The lowest BCUT2D eigenvalue weighted by Gasteiger charge is -2.17. The number of rotatable bonds is 11. The molecule has 0 amide bonds. The molecule has 0 aliphatic carbocycles. The summed E-state index contributed by atoms with van der Waals surface area (Å²) in [7, 11) is 0. The molecule has 1 unspecified atom stereocenters. The van der Waals surface area contributed by atoms with E-state index in [4.69, 9.17) is 9.47 Å². The molecule has 1 atom stereocenters. The molecule has 0 heterocycles. The summed E-state index contributed by atoms with van der Waals surface area (Å²) in [5, 5.41) is 3.42. The molecule has 0 radical (unpaired) electrons. The highest BCUT2D eigenvalue weighted by molar-refractivity contribution is 4.60. The maximum absolute atomic E-state index is 5.54. The van der Waals surface area contributed by atoms with Gasteiger partial charge in [0.2, 0.25) is 0 Å². The summed E-state index contributed by atoms with van der Waals surface area (Å²) in [6.45, 7) is 18.5. The lowest BCUT2D eigenvalue weighted by Crippen LogP contribution is -2.27. The second-order valence-electron chi connectivity index (χ2n) is 6.96. The van der Waals surface area contributed by atoms with E-state index in [-0.39, 0.29) is 0 Å². The van der Waals surface area contributed by atoms with Crippen molar-refractivity contribution in [1.82, 2.24) is 5.32 Å². The molecule has 0 aliphatic heterocycles. The highest BCUT2D eigenvalue weighted by Gasteiger charge is 2.09. The Morgan fingerprint density at radius 3 is 2.00 bits per heavy atom. The van der Waals surface area contributed by atoms with Crippen LogP contribution >= 0.6 is 0 Å². The van der Waals surface area contributed by atoms with Crippen LogP contribution in [0.5, 0.6) is 0 Å². The van der Waals surface area contributed by atoms with E-state index in [0.29, 0.717) is 18.6 Å². The van der Waals surface area contributed by atoms with Crippen LogP contribution in [0.2, 0.25) is 0 Å². The molecule has 0 fully saturated rings. The quantitative estimate of drug-likeness (QED) is 0.586. The molecule has 116 valence electrons. The third-order valence-electron chi connectivity index (χ3n) is 3.40. The van der Waals surface area contributed by atoms with Crippen molar-refractivity contribution in [2.24, 2.45) is 17.3 Å². The lowest BCUT2D eigenvalue weighted by molar-refractivity contribution is 0.0395. The SMILES string of the molecule is CC(C)C(C)CNCCOCCOCCC(C)(C)C. The minimum absolute atomic E-state index is 0.359. The first-order valence-electron chi connectivity index (χ1n) is 7.69. The van der Waals surface area contributed by atoms with E-state index >= 15 is 0 Å². The Morgan fingerprint density at radius 1 is 0.895 bits per heavy atom. The number of hydrogen-bond acceptors (Lipinski definition) is 3. The summed E-state index contributed by atoms with van der Waals surface area (Å²) in [4.78, 5) is 0. The van der Waals surface area contributed by atoms with Crippen LogP contribution in [0.25, 0.3) is 0 Å². The topological polar surface area (TPSA) is 30.5 Å². The molecule has 0 aromatic heterocycles. The Labute approximate surface area is 120 Å². The summed E-state index contributed by atoms with van der Waals surface area (Å²) in [6, 6.07) is 0. The van der Waals surface area contributed by atoms with Crippen LogP contribution < -0.4 is 5.32 Å². The van der Waals surface area contributed by atoms with E-state index in [1.807, 2.05) is 0 Å². The average Bonchev–Trinajstić information content (AvgIpc) is 2.29. The third-order valence-corrected chi connectivity index (χ3v) is 3.40. The van der Waals surface area contributed by atoms with Gasteiger partial charge < -0.3 is 14.8 Å². The van der Waals surface area contributed by atoms with Crippen LogP contribution in [0.1, 0.15) is 48.0 Å². The van der Waals surface area contributed by atoms with E-state index in [2.05, 4.69) is 46.9 Å². The zero-order valence-electron chi connectivity index (χ0n) is 13.9. The largest absolute Gasteiger partial charge is 0.379 e. The van der Waals surface area contributed by atoms with Gasteiger partial charge in [-0.15, -0.1) is 0 Å². The first-order valence-corrected chi connectivity index (χ1v) is 7.69. The fraction of sp³-hybridized carbons (Fsp3) is 1.00. The lowest BCUT2D eigenvalue weighted by atomic mass is 9.93. The third kappa shape index (κ3) is 14.1. The zero-order valence-corrected chi connectivity index (χ0v) is 13.9. The van der Waals surface area contributed by atoms with Gasteiger partial charge in [0.1, 0.15) is 0 Å². The number of hydrogen-bond donors (Lipinski definition) is 1. The standard InChI is InChI=1S/C16H35NO2/c1-14(2)15(3)13-17-8-10-19-12-11-18-9-7-16(4,5)6/h14-15,17H,7-13H2,1-6H3. The molecular formula is C16H35NO2. The Kier molecular flexibility index (Phi) is 10.6. The molecule has 0 saturated heterocycles. The van der Waals surface area contributed by atoms with Crippen LogP contribution in [0.3, 0.4) is 0 Å². The zero-order chi connectivity index (χ0) is 14.7. The van der Waals surface area contributed by atoms with Gasteiger partial charge in [-0.2, -0.15) is 0 Å². The van der Waals surface area contributed by atoms with Gasteiger partial charge >= 0.3 is 0 Å². The summed E-state index contributed by atoms with van der Waals surface area (Å²) < 4.78 is 11.1. The maximum Gasteiger partial charge on any atom is 0.0701 e. The van der Waals surface area contributed by atoms with Crippen molar-refractivity contribution in [2.45, 2.75) is 48.0 Å². The predicted molar refractivity (Wildman–Crippen MR) is 82.6 cm³/mol.